The highest BCUT2D eigenvalue weighted by Gasteiger charge is 2.21. The molecule has 0 radical (unpaired) electrons. The molecule has 0 saturated carbocycles. The average molecular weight is 589 g/mol. The quantitative estimate of drug-likeness (QED) is 0.186. The summed E-state index contributed by atoms with van der Waals surface area (Å²) >= 11 is 0. The lowest BCUT2D eigenvalue weighted by molar-refractivity contribution is 0.669. The van der Waals surface area contributed by atoms with Gasteiger partial charge in [-0.25, -0.2) is 0 Å². The number of rotatable bonds is 4. The van der Waals surface area contributed by atoms with E-state index in [0.29, 0.717) is 43.8 Å². The molecule has 0 N–H and O–H groups in total. The summed E-state index contributed by atoms with van der Waals surface area (Å²) in [6.07, 6.45) is 0. The maximum Gasteiger partial charge on any atom is 0.136 e. The van der Waals surface area contributed by atoms with E-state index in [-0.39, 0.29) is 45.2 Å². The minimum atomic E-state index is -0.703. The molecule has 0 aliphatic rings. The Balaban J connectivity index is 1.47. The molecule has 0 unspecified atom stereocenters. The number of hydrogen-bond donors (Lipinski definition) is 0. The van der Waals surface area contributed by atoms with Crippen LogP contribution in [0.4, 0.5) is 0 Å². The van der Waals surface area contributed by atoms with E-state index in [4.69, 9.17) is 23.6 Å². The number of furan rings is 1. The van der Waals surface area contributed by atoms with Gasteiger partial charge in [-0.2, -0.15) is 0 Å². The van der Waals surface area contributed by atoms with E-state index in [1.54, 1.807) is 60.7 Å². The van der Waals surface area contributed by atoms with Gasteiger partial charge < -0.3 is 4.42 Å². The first-order valence-corrected chi connectivity index (χ1v) is 14.1. The van der Waals surface area contributed by atoms with Crippen LogP contribution in [-0.4, -0.2) is 0 Å². The molecule has 0 aliphatic carbocycles. The molecule has 0 aliphatic heterocycles. The third-order valence-electron chi connectivity index (χ3n) is 7.97. The largest absolute Gasteiger partial charge is 0.456 e. The smallest absolute Gasteiger partial charge is 0.136 e. The highest BCUT2D eigenvalue weighted by Crippen LogP contribution is 2.48. The highest BCUT2D eigenvalue weighted by atomic mass is 16.3. The van der Waals surface area contributed by atoms with Crippen molar-refractivity contribution in [2.45, 2.75) is 0 Å². The maximum atomic E-state index is 9.57. The minimum Gasteiger partial charge on any atom is -0.456 e. The van der Waals surface area contributed by atoms with Crippen molar-refractivity contribution in [3.05, 3.63) is 169 Å². The van der Waals surface area contributed by atoms with Gasteiger partial charge in [0, 0.05) is 10.8 Å². The van der Waals surface area contributed by atoms with Gasteiger partial charge in [-0.3, -0.25) is 0 Å². The van der Waals surface area contributed by atoms with Gasteiger partial charge in [-0.05, 0) is 84.2 Å². The molecule has 9 aromatic rings. The summed E-state index contributed by atoms with van der Waals surface area (Å²) < 4.78 is 146. The van der Waals surface area contributed by atoms with Crippen LogP contribution >= 0.6 is 0 Å². The summed E-state index contributed by atoms with van der Waals surface area (Å²) in [5.74, 6) is 0. The first kappa shape index (κ1) is 14.2. The molecule has 0 atom stereocenters. The van der Waals surface area contributed by atoms with Gasteiger partial charge in [0.05, 0.1) is 21.9 Å². The molecule has 210 valence electrons. The lowest BCUT2D eigenvalue weighted by Crippen LogP contribution is -1.93. The lowest BCUT2D eigenvalue weighted by Gasteiger charge is -2.20. The van der Waals surface area contributed by atoms with Crippen LogP contribution in [0.25, 0.3) is 88.0 Å². The van der Waals surface area contributed by atoms with Crippen LogP contribution in [0.1, 0.15) is 21.9 Å². The fourth-order valence-electron chi connectivity index (χ4n) is 6.13. The first-order chi connectivity index (χ1) is 29.0. The van der Waals surface area contributed by atoms with Gasteiger partial charge in [0.15, 0.2) is 0 Å². The minimum absolute atomic E-state index is 0.00148. The van der Waals surface area contributed by atoms with Crippen LogP contribution in [-0.2, 0) is 0 Å². The van der Waals surface area contributed by atoms with E-state index < -0.39 is 95.7 Å². The van der Waals surface area contributed by atoms with E-state index in [2.05, 4.69) is 0 Å². The summed E-state index contributed by atoms with van der Waals surface area (Å²) in [5, 5.41) is 2.06. The molecule has 0 spiro atoms. The van der Waals surface area contributed by atoms with E-state index in [0.717, 1.165) is 0 Å². The van der Waals surface area contributed by atoms with Gasteiger partial charge >= 0.3 is 0 Å². The highest BCUT2D eigenvalue weighted by molar-refractivity contribution is 6.26. The molecule has 1 heterocycles. The Morgan fingerprint density at radius 2 is 0.933 bits per heavy atom. The fourth-order valence-corrected chi connectivity index (χ4v) is 6.13. The molecular weight excluding hydrogens is 544 g/mol. The third kappa shape index (κ3) is 4.09. The Bertz CT molecular complexity index is 3330. The van der Waals surface area contributed by atoms with E-state index >= 15 is 0 Å². The normalized spacial score (nSPS) is 16.5. The fraction of sp³-hybridized carbons (Fsp3) is 0. The van der Waals surface area contributed by atoms with Crippen molar-refractivity contribution in [2.24, 2.45) is 0 Å². The zero-order valence-corrected chi connectivity index (χ0v) is 23.3. The molecule has 1 heteroatoms. The van der Waals surface area contributed by atoms with Crippen LogP contribution in [0.2, 0.25) is 0 Å². The van der Waals surface area contributed by atoms with Gasteiger partial charge in [0.2, 0.25) is 0 Å². The first-order valence-electron chi connectivity index (χ1n) is 22.1. The molecule has 1 aromatic heterocycles. The number of benzene rings is 8. The summed E-state index contributed by atoms with van der Waals surface area (Å²) in [6.45, 7) is 0. The van der Waals surface area contributed by atoms with Crippen LogP contribution < -0.4 is 0 Å². The average Bonchev–Trinajstić information content (AvgIpc) is 3.67. The maximum absolute atomic E-state index is 9.57. The van der Waals surface area contributed by atoms with Crippen molar-refractivity contribution < 1.29 is 26.3 Å². The number of fused-ring (bicyclic) bond motifs is 5. The molecule has 45 heavy (non-hydrogen) atoms. The predicted octanol–water partition coefficient (Wildman–Crippen LogP) is 12.6. The second kappa shape index (κ2) is 10.4. The molecule has 8 aromatic carbocycles. The summed E-state index contributed by atoms with van der Waals surface area (Å²) in [5.41, 5.74) is 0.465. The van der Waals surface area contributed by atoms with Crippen molar-refractivity contribution in [3.8, 4) is 44.5 Å². The van der Waals surface area contributed by atoms with Gasteiger partial charge in [-0.1, -0.05) is 151 Å². The monoisotopic (exact) mass is 588 g/mol. The van der Waals surface area contributed by atoms with Crippen molar-refractivity contribution in [2.75, 3.05) is 0 Å². The van der Waals surface area contributed by atoms with Gasteiger partial charge in [0.25, 0.3) is 0 Å². The van der Waals surface area contributed by atoms with Crippen molar-refractivity contribution in [1.82, 2.24) is 0 Å². The van der Waals surface area contributed by atoms with Crippen LogP contribution in [0.15, 0.2) is 174 Å². The Hall–Kier alpha value is -5.92. The van der Waals surface area contributed by atoms with Crippen molar-refractivity contribution in [3.63, 3.8) is 0 Å². The Kier molecular flexibility index (Phi) is 3.28. The van der Waals surface area contributed by atoms with Gasteiger partial charge in [0.1, 0.15) is 11.2 Å². The molecule has 0 fully saturated rings. The summed E-state index contributed by atoms with van der Waals surface area (Å²) in [6, 6.07) is 12.3. The number of hydrogen-bond acceptors (Lipinski definition) is 1. The van der Waals surface area contributed by atoms with E-state index in [1.165, 1.54) is 0 Å². The molecular formula is C44H28O. The zero-order chi connectivity index (χ0) is 43.7. The summed E-state index contributed by atoms with van der Waals surface area (Å²) in [4.78, 5) is 0. The van der Waals surface area contributed by atoms with Crippen LogP contribution in [0.3, 0.4) is 0 Å². The SMILES string of the molecule is [2H]c1c([2H])c([2H])c(-c2ccccc2-c2c3ccccc3c(-c3c([2H])c([2H])c([2H])c4oc5c([2H])c([2H])c(-c6c([2H])c([2H])c([2H])c([2H])c6[2H])c([2H])c5c34)c3ccccc23)c([2H])c1[2H]. The van der Waals surface area contributed by atoms with E-state index in [9.17, 15) is 2.74 Å². The third-order valence-corrected chi connectivity index (χ3v) is 7.97. The standard InChI is InChI=1S/C44H28O/c1-3-14-29(15-4-1)31-26-27-40-39(28-31)44-38(24-13-25-41(44)45-40)43-36-22-11-9-20-34(36)42(35-21-10-12-23-37(35)43)33-19-8-7-18-32(33)30-16-5-2-6-17-30/h1-28H/i1D,2D,3D,4D,5D,6D,13D,14D,15D,16D,17D,24D,25D,26D,27D,28D. The second-order valence-corrected chi connectivity index (χ2v) is 10.4. The van der Waals surface area contributed by atoms with Crippen LogP contribution in [0.5, 0.6) is 0 Å². The molecule has 1 nitrogen and oxygen atoms in total. The van der Waals surface area contributed by atoms with Crippen molar-refractivity contribution in [1.29, 1.82) is 0 Å². The predicted molar refractivity (Wildman–Crippen MR) is 190 cm³/mol. The van der Waals surface area contributed by atoms with E-state index in [1.807, 2.05) is 12.1 Å². The van der Waals surface area contributed by atoms with Gasteiger partial charge in [-0.15, -0.1) is 0 Å². The zero-order valence-electron chi connectivity index (χ0n) is 39.3. The Morgan fingerprint density at radius 3 is 1.58 bits per heavy atom. The molecule has 9 rings (SSSR count). The van der Waals surface area contributed by atoms with Crippen molar-refractivity contribution >= 4 is 43.5 Å². The van der Waals surface area contributed by atoms with Crippen LogP contribution in [0, 0.1) is 0 Å². The lowest BCUT2D eigenvalue weighted by atomic mass is 9.83. The molecule has 0 amide bonds. The Morgan fingerprint density at radius 1 is 0.378 bits per heavy atom. The topological polar surface area (TPSA) is 13.1 Å². The molecule has 0 bridgehead atoms. The molecule has 0 saturated heterocycles. The summed E-state index contributed by atoms with van der Waals surface area (Å²) in [7, 11) is 0. The second-order valence-electron chi connectivity index (χ2n) is 10.4. The Labute approximate surface area is 284 Å².